The van der Waals surface area contributed by atoms with Gasteiger partial charge in [0.2, 0.25) is 0 Å². The van der Waals surface area contributed by atoms with Crippen LogP contribution in [0, 0.1) is 6.92 Å². The summed E-state index contributed by atoms with van der Waals surface area (Å²) >= 11 is 0. The molecule has 2 heterocycles. The van der Waals surface area contributed by atoms with Gasteiger partial charge in [-0.3, -0.25) is 4.57 Å². The fraction of sp³-hybridized carbons (Fsp3) is 0.158. The fourth-order valence-corrected chi connectivity index (χ4v) is 2.38. The molecule has 1 amide bonds. The molecule has 0 aliphatic heterocycles. The fourth-order valence-electron chi connectivity index (χ4n) is 2.38. The Hall–Kier alpha value is -3.08. The van der Waals surface area contributed by atoms with Gasteiger partial charge in [-0.15, -0.1) is 0 Å². The summed E-state index contributed by atoms with van der Waals surface area (Å²) < 4.78 is 1.62. The van der Waals surface area contributed by atoms with E-state index in [1.54, 1.807) is 17.0 Å². The summed E-state index contributed by atoms with van der Waals surface area (Å²) in [7, 11) is 0. The van der Waals surface area contributed by atoms with Crippen molar-refractivity contribution in [3.63, 3.8) is 0 Å². The van der Waals surface area contributed by atoms with Crippen LogP contribution in [-0.2, 0) is 13.1 Å². The maximum atomic E-state index is 12.4. The molecule has 0 atom stereocenters. The maximum Gasteiger partial charge on any atom is 0.326 e. The van der Waals surface area contributed by atoms with Crippen molar-refractivity contribution < 1.29 is 4.79 Å². The van der Waals surface area contributed by atoms with Crippen LogP contribution >= 0.6 is 0 Å². The lowest BCUT2D eigenvalue weighted by Gasteiger charge is -2.11. The van der Waals surface area contributed by atoms with E-state index in [-0.39, 0.29) is 6.03 Å². The molecule has 0 saturated carbocycles. The Bertz CT molecular complexity index is 794. The van der Waals surface area contributed by atoms with Crippen LogP contribution in [0.2, 0.25) is 0 Å². The first-order valence-electron chi connectivity index (χ1n) is 7.87. The Balaban J connectivity index is 1.59. The lowest BCUT2D eigenvalue weighted by Crippen LogP contribution is -2.29. The van der Waals surface area contributed by atoms with Crippen molar-refractivity contribution in [3.05, 3.63) is 83.8 Å². The molecule has 0 aliphatic rings. The van der Waals surface area contributed by atoms with Gasteiger partial charge in [-0.25, -0.2) is 9.78 Å². The van der Waals surface area contributed by atoms with Gasteiger partial charge in [0.15, 0.2) is 0 Å². The SMILES string of the molecule is Cc1ccc(CNC(=O)n2cccc2CNc2ccccn2)cc1. The maximum absolute atomic E-state index is 12.4. The van der Waals surface area contributed by atoms with E-state index in [2.05, 4.69) is 15.6 Å². The summed E-state index contributed by atoms with van der Waals surface area (Å²) in [5.41, 5.74) is 3.16. The molecule has 24 heavy (non-hydrogen) atoms. The van der Waals surface area contributed by atoms with Crippen LogP contribution in [0.3, 0.4) is 0 Å². The van der Waals surface area contributed by atoms with Crippen LogP contribution in [0.25, 0.3) is 0 Å². The predicted octanol–water partition coefficient (Wildman–Crippen LogP) is 3.56. The van der Waals surface area contributed by atoms with Crippen molar-refractivity contribution in [1.29, 1.82) is 0 Å². The number of carbonyl (C=O) groups excluding carboxylic acids is 1. The number of amides is 1. The van der Waals surface area contributed by atoms with Crippen molar-refractivity contribution >= 4 is 11.8 Å². The van der Waals surface area contributed by atoms with Crippen molar-refractivity contribution in [2.24, 2.45) is 0 Å². The summed E-state index contributed by atoms with van der Waals surface area (Å²) in [6, 6.07) is 17.4. The predicted molar refractivity (Wildman–Crippen MR) is 94.8 cm³/mol. The molecule has 0 radical (unpaired) electrons. The highest BCUT2D eigenvalue weighted by molar-refractivity contribution is 5.77. The number of hydrogen-bond donors (Lipinski definition) is 2. The number of carbonyl (C=O) groups is 1. The quantitative estimate of drug-likeness (QED) is 0.755. The smallest absolute Gasteiger partial charge is 0.326 e. The second-order valence-electron chi connectivity index (χ2n) is 5.58. The van der Waals surface area contributed by atoms with Gasteiger partial charge in [0.05, 0.1) is 6.54 Å². The number of hydrogen-bond acceptors (Lipinski definition) is 3. The van der Waals surface area contributed by atoms with E-state index in [0.717, 1.165) is 17.1 Å². The Morgan fingerprint density at radius 2 is 1.88 bits per heavy atom. The number of rotatable bonds is 5. The van der Waals surface area contributed by atoms with Crippen molar-refractivity contribution in [2.45, 2.75) is 20.0 Å². The largest absolute Gasteiger partial charge is 0.364 e. The molecule has 3 aromatic rings. The van der Waals surface area contributed by atoms with Gasteiger partial charge >= 0.3 is 6.03 Å². The third kappa shape index (κ3) is 4.01. The molecule has 0 bridgehead atoms. The molecular weight excluding hydrogens is 300 g/mol. The molecule has 5 heteroatoms. The number of aryl methyl sites for hydroxylation is 1. The first kappa shape index (κ1) is 15.8. The summed E-state index contributed by atoms with van der Waals surface area (Å²) in [5.74, 6) is 0.783. The zero-order valence-corrected chi connectivity index (χ0v) is 13.6. The van der Waals surface area contributed by atoms with Gasteiger partial charge in [-0.05, 0) is 36.8 Å². The minimum atomic E-state index is -0.140. The van der Waals surface area contributed by atoms with Crippen LogP contribution in [0.4, 0.5) is 10.6 Å². The van der Waals surface area contributed by atoms with Crippen LogP contribution in [0.1, 0.15) is 16.8 Å². The first-order chi connectivity index (χ1) is 11.7. The average Bonchev–Trinajstić information content (AvgIpc) is 3.09. The number of benzene rings is 1. The van der Waals surface area contributed by atoms with Crippen LogP contribution in [0.15, 0.2) is 67.0 Å². The van der Waals surface area contributed by atoms with Crippen molar-refractivity contribution in [2.75, 3.05) is 5.32 Å². The van der Waals surface area contributed by atoms with Gasteiger partial charge in [0.1, 0.15) is 5.82 Å². The Morgan fingerprint density at radius 1 is 1.04 bits per heavy atom. The highest BCUT2D eigenvalue weighted by Crippen LogP contribution is 2.08. The number of nitrogens with one attached hydrogen (secondary N) is 2. The monoisotopic (exact) mass is 320 g/mol. The van der Waals surface area contributed by atoms with E-state index >= 15 is 0 Å². The van der Waals surface area contributed by atoms with Crippen LogP contribution in [0.5, 0.6) is 0 Å². The molecule has 2 aromatic heterocycles. The molecule has 5 nitrogen and oxygen atoms in total. The van der Waals surface area contributed by atoms with Gasteiger partial charge < -0.3 is 10.6 Å². The standard InChI is InChI=1S/C19H20N4O/c1-15-7-9-16(10-8-15)13-22-19(24)23-12-4-5-17(23)14-21-18-6-2-3-11-20-18/h2-12H,13-14H2,1H3,(H,20,21)(H,22,24). The third-order valence-electron chi connectivity index (χ3n) is 3.73. The van der Waals surface area contributed by atoms with E-state index < -0.39 is 0 Å². The van der Waals surface area contributed by atoms with Crippen LogP contribution in [-0.4, -0.2) is 15.6 Å². The molecule has 0 fully saturated rings. The summed E-state index contributed by atoms with van der Waals surface area (Å²) in [6.45, 7) is 3.08. The second-order valence-corrected chi connectivity index (χ2v) is 5.58. The van der Waals surface area contributed by atoms with Gasteiger partial charge in [0.25, 0.3) is 0 Å². The lowest BCUT2D eigenvalue weighted by atomic mass is 10.1. The van der Waals surface area contributed by atoms with Crippen molar-refractivity contribution in [3.8, 4) is 0 Å². The third-order valence-corrected chi connectivity index (χ3v) is 3.73. The lowest BCUT2D eigenvalue weighted by molar-refractivity contribution is 0.241. The zero-order chi connectivity index (χ0) is 16.8. The van der Waals surface area contributed by atoms with E-state index in [1.165, 1.54) is 5.56 Å². The molecule has 1 aromatic carbocycles. The van der Waals surface area contributed by atoms with Gasteiger partial charge in [0, 0.05) is 24.6 Å². The average molecular weight is 320 g/mol. The highest BCUT2D eigenvalue weighted by atomic mass is 16.2. The zero-order valence-electron chi connectivity index (χ0n) is 13.6. The molecule has 0 spiro atoms. The summed E-state index contributed by atoms with van der Waals surface area (Å²) in [6.07, 6.45) is 3.50. The first-order valence-corrected chi connectivity index (χ1v) is 7.87. The molecule has 0 aliphatic carbocycles. The Kier molecular flexibility index (Phi) is 4.91. The molecular formula is C19H20N4O. The van der Waals surface area contributed by atoms with Crippen molar-refractivity contribution in [1.82, 2.24) is 14.9 Å². The molecule has 0 saturated heterocycles. The Morgan fingerprint density at radius 3 is 2.62 bits per heavy atom. The van der Waals surface area contributed by atoms with E-state index in [1.807, 2.05) is 61.5 Å². The number of pyridine rings is 1. The molecule has 0 unspecified atom stereocenters. The van der Waals surface area contributed by atoms with E-state index in [4.69, 9.17) is 0 Å². The van der Waals surface area contributed by atoms with Crippen LogP contribution < -0.4 is 10.6 Å². The topological polar surface area (TPSA) is 59.0 Å². The summed E-state index contributed by atoms with van der Waals surface area (Å²) in [5, 5.41) is 6.15. The molecule has 2 N–H and O–H groups in total. The normalized spacial score (nSPS) is 10.4. The summed E-state index contributed by atoms with van der Waals surface area (Å²) in [4.78, 5) is 16.6. The second kappa shape index (κ2) is 7.46. The minimum absolute atomic E-state index is 0.140. The van der Waals surface area contributed by atoms with E-state index in [9.17, 15) is 4.79 Å². The molecule has 122 valence electrons. The number of anilines is 1. The van der Waals surface area contributed by atoms with Gasteiger partial charge in [-0.2, -0.15) is 0 Å². The minimum Gasteiger partial charge on any atom is -0.364 e. The number of nitrogens with zero attached hydrogens (tertiary/aromatic N) is 2. The molecule has 3 rings (SSSR count). The highest BCUT2D eigenvalue weighted by Gasteiger charge is 2.09. The number of aromatic nitrogens is 2. The Labute approximate surface area is 141 Å². The van der Waals surface area contributed by atoms with Gasteiger partial charge in [-0.1, -0.05) is 35.9 Å². The van der Waals surface area contributed by atoms with E-state index in [0.29, 0.717) is 13.1 Å².